The van der Waals surface area contributed by atoms with Crippen molar-refractivity contribution in [1.82, 2.24) is 15.1 Å². The lowest BCUT2D eigenvalue weighted by atomic mass is 10.1. The van der Waals surface area contributed by atoms with Gasteiger partial charge in [0, 0.05) is 18.1 Å². The Kier molecular flexibility index (Phi) is 10.3. The summed E-state index contributed by atoms with van der Waals surface area (Å²) in [6.45, 7) is 7.04. The predicted molar refractivity (Wildman–Crippen MR) is 124 cm³/mol. The Hall–Kier alpha value is -2.81. The molecule has 2 amide bonds. The number of rotatable bonds is 5. The molecule has 5 N–H and O–H groups in total. The summed E-state index contributed by atoms with van der Waals surface area (Å²) in [5, 5.41) is 18.8. The summed E-state index contributed by atoms with van der Waals surface area (Å²) in [6, 6.07) is 4.45. The quantitative estimate of drug-likeness (QED) is 0.393. The highest BCUT2D eigenvalue weighted by molar-refractivity contribution is 6.31. The van der Waals surface area contributed by atoms with Gasteiger partial charge in [-0.3, -0.25) is 14.3 Å². The molecule has 0 saturated carbocycles. The molecule has 1 atom stereocenters. The first kappa shape index (κ1) is 26.2. The van der Waals surface area contributed by atoms with Gasteiger partial charge in [0.2, 0.25) is 0 Å². The second kappa shape index (κ2) is 12.1. The molecular weight excluding hydrogens is 441 g/mol. The topological polar surface area (TPSA) is 122 Å². The van der Waals surface area contributed by atoms with Crippen molar-refractivity contribution in [3.63, 3.8) is 0 Å². The summed E-state index contributed by atoms with van der Waals surface area (Å²) < 4.78 is 1.33. The average molecular weight is 468 g/mol. The maximum atomic E-state index is 12.4. The van der Waals surface area contributed by atoms with Crippen molar-refractivity contribution in [3.05, 3.63) is 69.1 Å². The van der Waals surface area contributed by atoms with Crippen LogP contribution in [0.2, 0.25) is 10.2 Å². The van der Waals surface area contributed by atoms with Gasteiger partial charge in [0.05, 0.1) is 11.3 Å². The molecule has 1 unspecified atom stereocenters. The second-order valence-electron chi connectivity index (χ2n) is 6.64. The molecule has 0 aliphatic carbocycles. The van der Waals surface area contributed by atoms with Gasteiger partial charge in [0.25, 0.3) is 11.8 Å². The van der Waals surface area contributed by atoms with E-state index in [4.69, 9.17) is 28.9 Å². The first-order valence-corrected chi connectivity index (χ1v) is 10.1. The summed E-state index contributed by atoms with van der Waals surface area (Å²) in [5.41, 5.74) is 7.51. The number of nitrogens with two attached hydrogens (primary N) is 1. The summed E-state index contributed by atoms with van der Waals surface area (Å²) in [6.07, 6.45) is 4.45. The number of aliphatic hydroxyl groups excluding tert-OH is 1. The summed E-state index contributed by atoms with van der Waals surface area (Å²) in [7, 11) is 1.58. The van der Waals surface area contributed by atoms with Gasteiger partial charge in [-0.25, -0.2) is 0 Å². The monoisotopic (exact) mass is 467 g/mol. The first-order chi connectivity index (χ1) is 14.5. The number of aliphatic hydroxyl groups is 1. The number of aryl methyl sites for hydroxylation is 2. The van der Waals surface area contributed by atoms with E-state index in [1.165, 1.54) is 23.7 Å². The molecule has 1 aromatic heterocycles. The zero-order valence-electron chi connectivity index (χ0n) is 18.0. The molecule has 0 fully saturated rings. The Labute approximate surface area is 191 Å². The number of carbonyl (C=O) groups is 2. The predicted octanol–water partition coefficient (Wildman–Crippen LogP) is 3.78. The van der Waals surface area contributed by atoms with E-state index in [1.54, 1.807) is 26.2 Å². The molecule has 8 nitrogen and oxygen atoms in total. The van der Waals surface area contributed by atoms with Crippen LogP contribution >= 0.6 is 23.2 Å². The average Bonchev–Trinajstić information content (AvgIpc) is 3.01. The van der Waals surface area contributed by atoms with Crippen LogP contribution in [0.3, 0.4) is 0 Å². The van der Waals surface area contributed by atoms with Crippen LogP contribution in [-0.4, -0.2) is 32.9 Å². The van der Waals surface area contributed by atoms with E-state index in [1.807, 2.05) is 26.0 Å². The van der Waals surface area contributed by atoms with Crippen LogP contribution in [0.5, 0.6) is 0 Å². The van der Waals surface area contributed by atoms with E-state index in [0.29, 0.717) is 16.3 Å². The van der Waals surface area contributed by atoms with Gasteiger partial charge < -0.3 is 21.5 Å². The molecule has 0 spiro atoms. The molecule has 0 aliphatic heterocycles. The van der Waals surface area contributed by atoms with Crippen LogP contribution < -0.4 is 16.4 Å². The largest absolute Gasteiger partial charge is 0.404 e. The highest BCUT2D eigenvalue weighted by Gasteiger charge is 2.20. The van der Waals surface area contributed by atoms with Gasteiger partial charge in [-0.05, 0) is 57.2 Å². The Bertz CT molecular complexity index is 997. The van der Waals surface area contributed by atoms with E-state index in [2.05, 4.69) is 15.7 Å². The van der Waals surface area contributed by atoms with Crippen LogP contribution in [0.25, 0.3) is 0 Å². The number of hydrogen-bond donors (Lipinski definition) is 4. The van der Waals surface area contributed by atoms with E-state index in [0.717, 1.165) is 5.57 Å². The molecule has 168 valence electrons. The number of halogens is 2. The van der Waals surface area contributed by atoms with Crippen LogP contribution in [0, 0.1) is 6.92 Å². The van der Waals surface area contributed by atoms with Crippen molar-refractivity contribution in [2.45, 2.75) is 33.9 Å². The maximum Gasteiger partial charge on any atom is 0.274 e. The molecule has 0 bridgehead atoms. The third kappa shape index (κ3) is 8.09. The van der Waals surface area contributed by atoms with Gasteiger partial charge in [-0.1, -0.05) is 35.4 Å². The second-order valence-corrected chi connectivity index (χ2v) is 7.46. The number of amides is 2. The van der Waals surface area contributed by atoms with Gasteiger partial charge >= 0.3 is 0 Å². The highest BCUT2D eigenvalue weighted by Crippen LogP contribution is 2.26. The molecule has 0 aliphatic rings. The summed E-state index contributed by atoms with van der Waals surface area (Å²) in [5.74, 6) is -1.04. The molecule has 10 heteroatoms. The van der Waals surface area contributed by atoms with E-state index in [9.17, 15) is 14.7 Å². The van der Waals surface area contributed by atoms with Gasteiger partial charge in [0.15, 0.2) is 5.15 Å². The third-order valence-electron chi connectivity index (χ3n) is 3.90. The smallest absolute Gasteiger partial charge is 0.274 e. The lowest BCUT2D eigenvalue weighted by molar-refractivity contribution is 0.0819. The zero-order chi connectivity index (χ0) is 23.7. The fourth-order valence-electron chi connectivity index (χ4n) is 2.50. The molecule has 31 heavy (non-hydrogen) atoms. The Morgan fingerprint density at radius 2 is 1.90 bits per heavy atom. The van der Waals surface area contributed by atoms with Crippen LogP contribution in [-0.2, 0) is 7.05 Å². The Balaban J connectivity index is 0.000000592. The molecule has 0 saturated heterocycles. The highest BCUT2D eigenvalue weighted by atomic mass is 35.5. The SMILES string of the molecule is C/C=C\C(C)=C/N.Cc1cc(Cl)cc(C(=O)NC(C)O)c1NC(=O)c1cc(Cl)nn1C. The van der Waals surface area contributed by atoms with Crippen molar-refractivity contribution in [2.24, 2.45) is 12.8 Å². The molecule has 1 heterocycles. The lowest BCUT2D eigenvalue weighted by Gasteiger charge is -2.15. The fraction of sp³-hybridized carbons (Fsp3) is 0.286. The van der Waals surface area contributed by atoms with Gasteiger partial charge in [-0.15, -0.1) is 0 Å². The van der Waals surface area contributed by atoms with Crippen molar-refractivity contribution in [1.29, 1.82) is 0 Å². The summed E-state index contributed by atoms with van der Waals surface area (Å²) >= 11 is 11.8. The van der Waals surface area contributed by atoms with E-state index in [-0.39, 0.29) is 16.4 Å². The fourth-order valence-corrected chi connectivity index (χ4v) is 2.99. The Morgan fingerprint density at radius 3 is 2.35 bits per heavy atom. The maximum absolute atomic E-state index is 12.4. The third-order valence-corrected chi connectivity index (χ3v) is 4.30. The minimum Gasteiger partial charge on any atom is -0.404 e. The van der Waals surface area contributed by atoms with Crippen LogP contribution in [0.1, 0.15) is 47.2 Å². The van der Waals surface area contributed by atoms with Crippen molar-refractivity contribution in [3.8, 4) is 0 Å². The van der Waals surface area contributed by atoms with Gasteiger partial charge in [-0.2, -0.15) is 5.10 Å². The van der Waals surface area contributed by atoms with Gasteiger partial charge in [0.1, 0.15) is 11.9 Å². The van der Waals surface area contributed by atoms with Crippen molar-refractivity contribution in [2.75, 3.05) is 5.32 Å². The number of carbonyl (C=O) groups excluding carboxylic acids is 2. The number of nitrogens with one attached hydrogen (secondary N) is 2. The van der Waals surface area contributed by atoms with Crippen molar-refractivity contribution >= 4 is 40.7 Å². The minimum absolute atomic E-state index is 0.141. The van der Waals surface area contributed by atoms with Crippen LogP contribution in [0.15, 0.2) is 42.1 Å². The number of aromatic nitrogens is 2. The number of benzene rings is 1. The summed E-state index contributed by atoms with van der Waals surface area (Å²) in [4.78, 5) is 24.7. The molecule has 2 aromatic rings. The molecule has 2 rings (SSSR count). The van der Waals surface area contributed by atoms with E-state index >= 15 is 0 Å². The standard InChI is InChI=1S/C15H16Cl2N4O3.C6H11N/c1-7-4-9(16)5-10(14(23)18-8(2)22)13(7)19-15(24)11-6-12(17)20-21(11)3;1-3-4-6(2)5-7/h4-6,8,22H,1-3H3,(H,18,23)(H,19,24);3-5H,7H2,1-2H3/b;4-3-,6-5-. The number of allylic oxidation sites excluding steroid dienone is 3. The number of anilines is 1. The Morgan fingerprint density at radius 1 is 1.26 bits per heavy atom. The van der Waals surface area contributed by atoms with E-state index < -0.39 is 18.0 Å². The van der Waals surface area contributed by atoms with Crippen LogP contribution in [0.4, 0.5) is 5.69 Å². The normalized spacial score (nSPS) is 12.2. The first-order valence-electron chi connectivity index (χ1n) is 9.31. The lowest BCUT2D eigenvalue weighted by Crippen LogP contribution is -2.33. The minimum atomic E-state index is -1.05. The molecular formula is C21H27Cl2N5O3. The van der Waals surface area contributed by atoms with Crippen molar-refractivity contribution < 1.29 is 14.7 Å². The zero-order valence-corrected chi connectivity index (χ0v) is 19.5. The molecule has 1 aromatic carbocycles. The molecule has 0 radical (unpaired) electrons. The number of nitrogens with zero attached hydrogens (tertiary/aromatic N) is 2. The number of hydrogen-bond acceptors (Lipinski definition) is 5.